The molecule has 1 aliphatic rings. The lowest BCUT2D eigenvalue weighted by atomic mass is 10.1. The van der Waals surface area contributed by atoms with Crippen molar-refractivity contribution in [3.8, 4) is 0 Å². The van der Waals surface area contributed by atoms with Gasteiger partial charge in [0.1, 0.15) is 5.69 Å². The molecule has 1 unspecified atom stereocenters. The molecule has 0 saturated carbocycles. The predicted octanol–water partition coefficient (Wildman–Crippen LogP) is 2.72. The molecule has 0 radical (unpaired) electrons. The molecule has 0 spiro atoms. The Morgan fingerprint density at radius 1 is 1.50 bits per heavy atom. The number of ether oxygens (including phenoxy) is 1. The molecule has 0 amide bonds. The maximum Gasteiger partial charge on any atom is 0.332 e. The highest BCUT2D eigenvalue weighted by atomic mass is 35.5. The number of nitrogens with one attached hydrogen (secondary N) is 1. The largest absolute Gasteiger partial charge is 0.378 e. The van der Waals surface area contributed by atoms with Gasteiger partial charge in [0.2, 0.25) is 11.1 Å². The number of hydrogen-bond acceptors (Lipinski definition) is 6. The lowest BCUT2D eigenvalue weighted by Crippen LogP contribution is -2.22. The fourth-order valence-electron chi connectivity index (χ4n) is 2.26. The van der Waals surface area contributed by atoms with E-state index >= 15 is 0 Å². The monoisotopic (exact) mass is 300 g/mol. The SMILES string of the molecule is Cc1nc(Cl)nc(NCCC2CCCCO2)c1[N+](=O)[O-]. The van der Waals surface area contributed by atoms with Gasteiger partial charge in [-0.05, 0) is 44.2 Å². The van der Waals surface area contributed by atoms with Crippen molar-refractivity contribution >= 4 is 23.1 Å². The van der Waals surface area contributed by atoms with Gasteiger partial charge in [0.05, 0.1) is 11.0 Å². The third-order valence-corrected chi connectivity index (χ3v) is 3.42. The predicted molar refractivity (Wildman–Crippen MR) is 75.1 cm³/mol. The molecule has 1 fully saturated rings. The minimum Gasteiger partial charge on any atom is -0.378 e. The highest BCUT2D eigenvalue weighted by molar-refractivity contribution is 6.28. The van der Waals surface area contributed by atoms with E-state index in [2.05, 4.69) is 15.3 Å². The number of anilines is 1. The van der Waals surface area contributed by atoms with E-state index in [4.69, 9.17) is 16.3 Å². The summed E-state index contributed by atoms with van der Waals surface area (Å²) in [7, 11) is 0. The van der Waals surface area contributed by atoms with Crippen LogP contribution in [0, 0.1) is 17.0 Å². The number of aromatic nitrogens is 2. The molecule has 7 nitrogen and oxygen atoms in total. The van der Waals surface area contributed by atoms with Crippen LogP contribution in [0.1, 0.15) is 31.4 Å². The molecule has 2 rings (SSSR count). The minimum absolute atomic E-state index is 0.00418. The number of hydrogen-bond donors (Lipinski definition) is 1. The molecule has 2 heterocycles. The lowest BCUT2D eigenvalue weighted by Gasteiger charge is -2.22. The molecule has 110 valence electrons. The summed E-state index contributed by atoms with van der Waals surface area (Å²) in [5.41, 5.74) is 0.130. The van der Waals surface area contributed by atoms with Crippen LogP contribution in [0.15, 0.2) is 0 Å². The maximum absolute atomic E-state index is 11.0. The normalized spacial score (nSPS) is 18.8. The number of halogens is 1. The molecule has 1 aliphatic heterocycles. The van der Waals surface area contributed by atoms with Gasteiger partial charge >= 0.3 is 5.69 Å². The summed E-state index contributed by atoms with van der Waals surface area (Å²) < 4.78 is 5.61. The zero-order chi connectivity index (χ0) is 14.5. The van der Waals surface area contributed by atoms with E-state index in [1.54, 1.807) is 6.92 Å². The summed E-state index contributed by atoms with van der Waals surface area (Å²) in [6.07, 6.45) is 4.32. The van der Waals surface area contributed by atoms with Crippen LogP contribution in [0.4, 0.5) is 11.5 Å². The lowest BCUT2D eigenvalue weighted by molar-refractivity contribution is -0.385. The molecule has 1 aromatic heterocycles. The van der Waals surface area contributed by atoms with Gasteiger partial charge in [0, 0.05) is 13.2 Å². The van der Waals surface area contributed by atoms with E-state index < -0.39 is 4.92 Å². The zero-order valence-electron chi connectivity index (χ0n) is 11.3. The third kappa shape index (κ3) is 3.77. The Labute approximate surface area is 121 Å². The Hall–Kier alpha value is -1.47. The second-order valence-corrected chi connectivity index (χ2v) is 5.07. The smallest absolute Gasteiger partial charge is 0.332 e. The fraction of sp³-hybridized carbons (Fsp3) is 0.667. The molecule has 0 aromatic carbocycles. The van der Waals surface area contributed by atoms with Crippen molar-refractivity contribution in [1.82, 2.24) is 9.97 Å². The first-order chi connectivity index (χ1) is 9.58. The van der Waals surface area contributed by atoms with Crippen LogP contribution in [-0.4, -0.2) is 34.1 Å². The molecule has 0 bridgehead atoms. The number of rotatable bonds is 5. The minimum atomic E-state index is -0.495. The van der Waals surface area contributed by atoms with Crippen LogP contribution in [-0.2, 0) is 4.74 Å². The van der Waals surface area contributed by atoms with Crippen LogP contribution in [0.25, 0.3) is 0 Å². The molecular formula is C12H17ClN4O3. The van der Waals surface area contributed by atoms with E-state index in [1.807, 2.05) is 0 Å². The van der Waals surface area contributed by atoms with Gasteiger partial charge in [-0.25, -0.2) is 4.98 Å². The number of aryl methyl sites for hydroxylation is 1. The van der Waals surface area contributed by atoms with Crippen molar-refractivity contribution < 1.29 is 9.66 Å². The Kier molecular flexibility index (Phi) is 5.08. The van der Waals surface area contributed by atoms with Crippen LogP contribution >= 0.6 is 11.6 Å². The van der Waals surface area contributed by atoms with Crippen molar-refractivity contribution in [2.45, 2.75) is 38.7 Å². The van der Waals surface area contributed by atoms with Crippen LogP contribution < -0.4 is 5.32 Å². The molecule has 20 heavy (non-hydrogen) atoms. The van der Waals surface area contributed by atoms with Gasteiger partial charge in [0.15, 0.2) is 0 Å². The molecule has 1 N–H and O–H groups in total. The van der Waals surface area contributed by atoms with E-state index in [9.17, 15) is 10.1 Å². The second-order valence-electron chi connectivity index (χ2n) is 4.74. The Morgan fingerprint density at radius 3 is 2.95 bits per heavy atom. The van der Waals surface area contributed by atoms with Gasteiger partial charge in [-0.2, -0.15) is 4.98 Å². The summed E-state index contributed by atoms with van der Waals surface area (Å²) >= 11 is 5.74. The van der Waals surface area contributed by atoms with Gasteiger partial charge in [-0.15, -0.1) is 0 Å². The van der Waals surface area contributed by atoms with Crippen molar-refractivity contribution in [3.05, 3.63) is 21.1 Å². The number of nitrogens with zero attached hydrogens (tertiary/aromatic N) is 3. The average molecular weight is 301 g/mol. The summed E-state index contributed by atoms with van der Waals surface area (Å²) in [4.78, 5) is 18.2. The summed E-state index contributed by atoms with van der Waals surface area (Å²) in [6.45, 7) is 2.89. The van der Waals surface area contributed by atoms with E-state index in [-0.39, 0.29) is 28.6 Å². The average Bonchev–Trinajstić information content (AvgIpc) is 2.38. The van der Waals surface area contributed by atoms with Gasteiger partial charge < -0.3 is 10.1 Å². The Morgan fingerprint density at radius 2 is 2.30 bits per heavy atom. The summed E-state index contributed by atoms with van der Waals surface area (Å²) in [5, 5.41) is 14.0. The summed E-state index contributed by atoms with van der Waals surface area (Å²) in [6, 6.07) is 0. The molecule has 8 heteroatoms. The third-order valence-electron chi connectivity index (χ3n) is 3.25. The highest BCUT2D eigenvalue weighted by Crippen LogP contribution is 2.26. The van der Waals surface area contributed by atoms with Gasteiger partial charge in [0.25, 0.3) is 0 Å². The van der Waals surface area contributed by atoms with Crippen LogP contribution in [0.3, 0.4) is 0 Å². The van der Waals surface area contributed by atoms with Crippen molar-refractivity contribution in [2.24, 2.45) is 0 Å². The highest BCUT2D eigenvalue weighted by Gasteiger charge is 2.22. The molecular weight excluding hydrogens is 284 g/mol. The van der Waals surface area contributed by atoms with Crippen LogP contribution in [0.2, 0.25) is 5.28 Å². The van der Waals surface area contributed by atoms with Gasteiger partial charge in [-0.1, -0.05) is 0 Å². The fourth-order valence-corrected chi connectivity index (χ4v) is 2.47. The van der Waals surface area contributed by atoms with E-state index in [0.29, 0.717) is 6.54 Å². The molecule has 1 aromatic rings. The second kappa shape index (κ2) is 6.81. The zero-order valence-corrected chi connectivity index (χ0v) is 12.0. The van der Waals surface area contributed by atoms with Crippen molar-refractivity contribution in [3.63, 3.8) is 0 Å². The molecule has 1 atom stereocenters. The summed E-state index contributed by atoms with van der Waals surface area (Å²) in [5.74, 6) is 0.170. The standard InChI is InChI=1S/C12H17ClN4O3/c1-8-10(17(18)19)11(16-12(13)15-8)14-6-5-9-4-2-3-7-20-9/h9H,2-7H2,1H3,(H,14,15,16). The first-order valence-electron chi connectivity index (χ1n) is 6.62. The van der Waals surface area contributed by atoms with E-state index in [0.717, 1.165) is 25.9 Å². The Bertz CT molecular complexity index is 492. The van der Waals surface area contributed by atoms with Crippen molar-refractivity contribution in [1.29, 1.82) is 0 Å². The molecule has 1 saturated heterocycles. The quantitative estimate of drug-likeness (QED) is 0.511. The Balaban J connectivity index is 1.99. The van der Waals surface area contributed by atoms with Crippen molar-refractivity contribution in [2.75, 3.05) is 18.5 Å². The van der Waals surface area contributed by atoms with Gasteiger partial charge in [-0.3, -0.25) is 10.1 Å². The first kappa shape index (κ1) is 14.9. The first-order valence-corrected chi connectivity index (χ1v) is 6.99. The maximum atomic E-state index is 11.0. The topological polar surface area (TPSA) is 90.2 Å². The van der Waals surface area contributed by atoms with E-state index in [1.165, 1.54) is 6.42 Å². The molecule has 0 aliphatic carbocycles. The number of nitro groups is 1. The van der Waals surface area contributed by atoms with Crippen LogP contribution in [0.5, 0.6) is 0 Å².